The lowest BCUT2D eigenvalue weighted by Gasteiger charge is -2.14. The van der Waals surface area contributed by atoms with Gasteiger partial charge in [-0.15, -0.1) is 0 Å². The van der Waals surface area contributed by atoms with Crippen molar-refractivity contribution in [2.24, 2.45) is 0 Å². The number of ether oxygens (including phenoxy) is 1. The number of nitrogens with zero attached hydrogens (tertiary/aromatic N) is 1. The Labute approximate surface area is 221 Å². The molecule has 0 aliphatic rings. The molecule has 0 radical (unpaired) electrons. The monoisotopic (exact) mass is 559 g/mol. The Morgan fingerprint density at radius 2 is 1.86 bits per heavy atom. The van der Waals surface area contributed by atoms with Crippen molar-refractivity contribution in [1.29, 1.82) is 0 Å². The third kappa shape index (κ3) is 4.69. The molecule has 1 aromatic heterocycles. The van der Waals surface area contributed by atoms with Crippen LogP contribution in [0.3, 0.4) is 0 Å². The normalized spacial score (nSPS) is 11.0. The van der Waals surface area contributed by atoms with Gasteiger partial charge in [-0.25, -0.2) is 4.98 Å². The predicted octanol–water partition coefficient (Wildman–Crippen LogP) is 7.11. The number of fused-ring (bicyclic) bond motifs is 2. The van der Waals surface area contributed by atoms with E-state index in [0.717, 1.165) is 39.5 Å². The quantitative estimate of drug-likeness (QED) is 0.223. The summed E-state index contributed by atoms with van der Waals surface area (Å²) in [6.45, 7) is 2.11. The predicted molar refractivity (Wildman–Crippen MR) is 151 cm³/mol. The summed E-state index contributed by atoms with van der Waals surface area (Å²) >= 11 is 8.95. The van der Waals surface area contributed by atoms with Gasteiger partial charge in [0, 0.05) is 11.3 Å². The molecule has 180 valence electrons. The van der Waals surface area contributed by atoms with Gasteiger partial charge in [-0.1, -0.05) is 37.3 Å². The lowest BCUT2D eigenvalue weighted by Crippen LogP contribution is -2.34. The van der Waals surface area contributed by atoms with E-state index in [0.29, 0.717) is 21.7 Å². The summed E-state index contributed by atoms with van der Waals surface area (Å²) < 4.78 is 12.1. The largest absolute Gasteiger partial charge is 0.495 e. The third-order valence-corrected chi connectivity index (χ3v) is 6.86. The number of nitrogens with one attached hydrogen (secondary N) is 2. The number of carbonyl (C=O) groups is 1. The molecule has 1 heterocycles. The second-order valence-electron chi connectivity index (χ2n) is 8.15. The van der Waals surface area contributed by atoms with Crippen molar-refractivity contribution in [2.45, 2.75) is 13.3 Å². The van der Waals surface area contributed by atoms with Gasteiger partial charge in [0.1, 0.15) is 11.3 Å². The lowest BCUT2D eigenvalue weighted by atomic mass is 10.1. The smallest absolute Gasteiger partial charge is 0.261 e. The van der Waals surface area contributed by atoms with E-state index < -0.39 is 0 Å². The van der Waals surface area contributed by atoms with E-state index in [1.54, 1.807) is 6.07 Å². The van der Waals surface area contributed by atoms with Crippen molar-refractivity contribution in [3.63, 3.8) is 0 Å². The summed E-state index contributed by atoms with van der Waals surface area (Å²) in [6.07, 6.45) is 0.944. The Bertz CT molecular complexity index is 1610. The molecule has 0 fully saturated rings. The minimum absolute atomic E-state index is 0.174. The molecular weight excluding hydrogens is 538 g/mol. The van der Waals surface area contributed by atoms with Gasteiger partial charge in [-0.3, -0.25) is 10.1 Å². The van der Waals surface area contributed by atoms with Crippen LogP contribution in [-0.4, -0.2) is 23.1 Å². The molecule has 0 spiro atoms. The zero-order valence-corrected chi connectivity index (χ0v) is 22.0. The second kappa shape index (κ2) is 10.1. The number of aryl methyl sites for hydroxylation is 1. The van der Waals surface area contributed by atoms with E-state index in [2.05, 4.69) is 38.5 Å². The van der Waals surface area contributed by atoms with Gasteiger partial charge in [0.25, 0.3) is 5.91 Å². The first-order valence-corrected chi connectivity index (χ1v) is 12.5. The fourth-order valence-corrected chi connectivity index (χ4v) is 4.94. The van der Waals surface area contributed by atoms with Crippen LogP contribution < -0.4 is 15.4 Å². The second-order valence-corrected chi connectivity index (χ2v) is 9.35. The molecule has 0 bridgehead atoms. The maximum atomic E-state index is 13.0. The van der Waals surface area contributed by atoms with Crippen molar-refractivity contribution in [3.8, 4) is 17.2 Å². The van der Waals surface area contributed by atoms with Crippen LogP contribution in [0.2, 0.25) is 0 Å². The van der Waals surface area contributed by atoms with E-state index in [4.69, 9.17) is 21.4 Å². The number of benzene rings is 4. The molecule has 36 heavy (non-hydrogen) atoms. The summed E-state index contributed by atoms with van der Waals surface area (Å²) in [7, 11) is 1.53. The van der Waals surface area contributed by atoms with Gasteiger partial charge in [0.05, 0.1) is 17.1 Å². The number of carbonyl (C=O) groups excluding carboxylic acids is 1. The molecule has 8 heteroatoms. The van der Waals surface area contributed by atoms with Crippen molar-refractivity contribution in [3.05, 3.63) is 88.4 Å². The highest BCUT2D eigenvalue weighted by Crippen LogP contribution is 2.36. The van der Waals surface area contributed by atoms with Crippen molar-refractivity contribution in [2.75, 3.05) is 12.4 Å². The van der Waals surface area contributed by atoms with Gasteiger partial charge in [0.15, 0.2) is 10.7 Å². The molecule has 0 unspecified atom stereocenters. The lowest BCUT2D eigenvalue weighted by molar-refractivity contribution is 0.0975. The molecule has 1 amide bonds. The molecule has 0 aliphatic heterocycles. The van der Waals surface area contributed by atoms with Gasteiger partial charge in [-0.05, 0) is 93.4 Å². The molecule has 5 aromatic rings. The molecule has 6 nitrogen and oxygen atoms in total. The fraction of sp³-hybridized carbons (Fsp3) is 0.107. The fourth-order valence-electron chi connectivity index (χ4n) is 4.00. The minimum Gasteiger partial charge on any atom is -0.495 e. The molecule has 0 saturated heterocycles. The van der Waals surface area contributed by atoms with Crippen molar-refractivity contribution < 1.29 is 13.9 Å². The molecule has 5 rings (SSSR count). The molecule has 0 aliphatic carbocycles. The highest BCUT2D eigenvalue weighted by molar-refractivity contribution is 9.10. The maximum absolute atomic E-state index is 13.0. The average Bonchev–Trinajstić information content (AvgIpc) is 3.32. The number of halogens is 1. The Morgan fingerprint density at radius 1 is 1.08 bits per heavy atom. The van der Waals surface area contributed by atoms with Crippen LogP contribution in [0, 0.1) is 0 Å². The third-order valence-electron chi connectivity index (χ3n) is 5.87. The summed E-state index contributed by atoms with van der Waals surface area (Å²) in [6, 6.07) is 23.1. The number of hydrogen-bond acceptors (Lipinski definition) is 5. The summed E-state index contributed by atoms with van der Waals surface area (Å²) in [5.74, 6) is 0.628. The summed E-state index contributed by atoms with van der Waals surface area (Å²) in [4.78, 5) is 17.6. The first-order valence-electron chi connectivity index (χ1n) is 11.3. The van der Waals surface area contributed by atoms with Crippen LogP contribution in [-0.2, 0) is 6.42 Å². The van der Waals surface area contributed by atoms with E-state index in [1.807, 2.05) is 66.7 Å². The zero-order chi connectivity index (χ0) is 25.2. The summed E-state index contributed by atoms with van der Waals surface area (Å²) in [5.41, 5.74) is 4.75. The molecule has 0 atom stereocenters. The van der Waals surface area contributed by atoms with Gasteiger partial charge in [-0.2, -0.15) is 0 Å². The van der Waals surface area contributed by atoms with Crippen LogP contribution in [0.5, 0.6) is 5.75 Å². The number of oxazole rings is 1. The topological polar surface area (TPSA) is 76.4 Å². The number of methoxy groups -OCH3 is 1. The van der Waals surface area contributed by atoms with Crippen molar-refractivity contribution in [1.82, 2.24) is 10.3 Å². The molecule has 0 saturated carbocycles. The average molecular weight is 560 g/mol. The number of anilines is 1. The molecule has 2 N–H and O–H groups in total. The Morgan fingerprint density at radius 3 is 2.61 bits per heavy atom. The highest BCUT2D eigenvalue weighted by atomic mass is 79.9. The minimum atomic E-state index is -0.370. The zero-order valence-electron chi connectivity index (χ0n) is 19.6. The van der Waals surface area contributed by atoms with Gasteiger partial charge < -0.3 is 14.5 Å². The molecular formula is C28H22BrN3O3S. The van der Waals surface area contributed by atoms with E-state index in [-0.39, 0.29) is 11.0 Å². The number of rotatable bonds is 5. The SMILES string of the molecule is CCc1ccc2oc(-c3ccc(NC(=S)NC(=O)c4cc5ccccc5c(Br)c4OC)cc3)nc2c1. The van der Waals surface area contributed by atoms with Gasteiger partial charge >= 0.3 is 0 Å². The van der Waals surface area contributed by atoms with Crippen LogP contribution in [0.1, 0.15) is 22.8 Å². The standard InChI is InChI=1S/C28H22BrN3O3S/c1-3-16-8-13-23-22(14-16)31-27(35-23)17-9-11-19(12-10-17)30-28(36)32-26(33)21-15-18-6-4-5-7-20(18)24(29)25(21)34-2/h4-15H,3H2,1-2H3,(H2,30,32,33,36). The number of hydrogen-bond donors (Lipinski definition) is 2. The van der Waals surface area contributed by atoms with Crippen molar-refractivity contribution >= 4 is 66.7 Å². The molecule has 4 aromatic carbocycles. The first kappa shape index (κ1) is 24.0. The van der Waals surface area contributed by atoms with E-state index in [9.17, 15) is 4.79 Å². The first-order chi connectivity index (χ1) is 17.5. The summed E-state index contributed by atoms with van der Waals surface area (Å²) in [5, 5.41) is 7.83. The maximum Gasteiger partial charge on any atom is 0.261 e. The van der Waals surface area contributed by atoms with Crippen LogP contribution in [0.15, 0.2) is 81.7 Å². The van der Waals surface area contributed by atoms with Crippen LogP contribution in [0.4, 0.5) is 5.69 Å². The number of aromatic nitrogens is 1. The number of thiocarbonyl (C=S) groups is 1. The van der Waals surface area contributed by atoms with Crippen LogP contribution in [0.25, 0.3) is 33.3 Å². The Hall–Kier alpha value is -3.75. The number of amides is 1. The Kier molecular flexibility index (Phi) is 6.71. The van der Waals surface area contributed by atoms with E-state index >= 15 is 0 Å². The van der Waals surface area contributed by atoms with Crippen LogP contribution >= 0.6 is 28.1 Å². The van der Waals surface area contributed by atoms with Gasteiger partial charge in [0.2, 0.25) is 5.89 Å². The Balaban J connectivity index is 1.30. The van der Waals surface area contributed by atoms with E-state index in [1.165, 1.54) is 12.7 Å². The highest BCUT2D eigenvalue weighted by Gasteiger charge is 2.19.